The second-order valence-electron chi connectivity index (χ2n) is 4.98. The van der Waals surface area contributed by atoms with Crippen molar-refractivity contribution in [2.75, 3.05) is 6.54 Å². The molecule has 0 unspecified atom stereocenters. The first-order chi connectivity index (χ1) is 8.41. The maximum absolute atomic E-state index is 10.5. The zero-order chi connectivity index (χ0) is 13.6. The molecule has 0 aliphatic carbocycles. The van der Waals surface area contributed by atoms with Crippen LogP contribution in [0.3, 0.4) is 0 Å². The highest BCUT2D eigenvalue weighted by molar-refractivity contribution is 7.10. The van der Waals surface area contributed by atoms with E-state index >= 15 is 0 Å². The lowest BCUT2D eigenvalue weighted by atomic mass is 9.84. The van der Waals surface area contributed by atoms with E-state index in [9.17, 15) is 4.79 Å². The van der Waals surface area contributed by atoms with Gasteiger partial charge in [-0.1, -0.05) is 29.9 Å². The molecule has 0 amide bonds. The van der Waals surface area contributed by atoms with Crippen molar-refractivity contribution in [3.63, 3.8) is 0 Å². The van der Waals surface area contributed by atoms with Crippen molar-refractivity contribution in [2.45, 2.75) is 39.7 Å². The van der Waals surface area contributed by atoms with Crippen LogP contribution < -0.4 is 5.32 Å². The van der Waals surface area contributed by atoms with Crippen LogP contribution in [0.5, 0.6) is 0 Å². The number of rotatable bonds is 8. The molecule has 2 N–H and O–H groups in total. The molecule has 1 aromatic rings. The summed E-state index contributed by atoms with van der Waals surface area (Å²) < 4.78 is 4.37. The van der Waals surface area contributed by atoms with Crippen LogP contribution in [-0.2, 0) is 11.3 Å². The van der Waals surface area contributed by atoms with Crippen LogP contribution in [0.25, 0.3) is 0 Å². The van der Waals surface area contributed by atoms with Gasteiger partial charge in [-0.25, -0.2) is 0 Å². The van der Waals surface area contributed by atoms with Gasteiger partial charge in [-0.3, -0.25) is 4.79 Å². The first-order valence-corrected chi connectivity index (χ1v) is 6.95. The molecule has 0 radical (unpaired) electrons. The smallest absolute Gasteiger partial charge is 0.303 e. The third-order valence-electron chi connectivity index (χ3n) is 2.80. The summed E-state index contributed by atoms with van der Waals surface area (Å²) in [6, 6.07) is 0. The topological polar surface area (TPSA) is 75.1 Å². The van der Waals surface area contributed by atoms with E-state index < -0.39 is 5.97 Å². The first kappa shape index (κ1) is 15.3. The molecule has 0 aliphatic heterocycles. The molecule has 0 aliphatic rings. The minimum atomic E-state index is -0.739. The van der Waals surface area contributed by atoms with Gasteiger partial charge in [0, 0.05) is 24.5 Å². The lowest BCUT2D eigenvalue weighted by Crippen LogP contribution is -2.23. The number of aromatic nitrogens is 2. The largest absolute Gasteiger partial charge is 0.481 e. The highest BCUT2D eigenvalue weighted by Crippen LogP contribution is 2.26. The molecule has 18 heavy (non-hydrogen) atoms. The lowest BCUT2D eigenvalue weighted by Gasteiger charge is -2.23. The molecule has 5 nitrogen and oxygen atoms in total. The van der Waals surface area contributed by atoms with E-state index in [-0.39, 0.29) is 11.8 Å². The highest BCUT2D eigenvalue weighted by Gasteiger charge is 2.18. The summed E-state index contributed by atoms with van der Waals surface area (Å²) in [5.41, 5.74) is 0.792. The van der Waals surface area contributed by atoms with E-state index in [2.05, 4.69) is 28.8 Å². The molecule has 1 aromatic heterocycles. The van der Waals surface area contributed by atoms with Crippen LogP contribution in [0, 0.1) is 5.41 Å². The van der Waals surface area contributed by atoms with E-state index in [4.69, 9.17) is 16.7 Å². The quantitative estimate of drug-likeness (QED) is 0.720. The van der Waals surface area contributed by atoms with Gasteiger partial charge in [0.2, 0.25) is 0 Å². The highest BCUT2D eigenvalue weighted by atomic mass is 35.5. The summed E-state index contributed by atoms with van der Waals surface area (Å²) in [6.45, 7) is 5.56. The molecule has 1 rings (SSSR count). The van der Waals surface area contributed by atoms with Gasteiger partial charge in [-0.05, 0) is 24.8 Å². The Morgan fingerprint density at radius 3 is 2.78 bits per heavy atom. The van der Waals surface area contributed by atoms with Crippen molar-refractivity contribution in [3.8, 4) is 0 Å². The second-order valence-corrected chi connectivity index (χ2v) is 6.33. The van der Waals surface area contributed by atoms with Gasteiger partial charge >= 0.3 is 5.97 Å². The lowest BCUT2D eigenvalue weighted by molar-refractivity contribution is -0.137. The van der Waals surface area contributed by atoms with Gasteiger partial charge in [0.1, 0.15) is 10.0 Å². The average Bonchev–Trinajstić information content (AvgIpc) is 2.68. The van der Waals surface area contributed by atoms with Gasteiger partial charge in [-0.2, -0.15) is 0 Å². The van der Waals surface area contributed by atoms with E-state index in [1.165, 1.54) is 11.5 Å². The molecule has 1 heterocycles. The fraction of sp³-hybridized carbons (Fsp3) is 0.727. The predicted octanol–water partition coefficient (Wildman–Crippen LogP) is 2.56. The number of hydrogen-bond donors (Lipinski definition) is 2. The Hall–Kier alpha value is -0.720. The van der Waals surface area contributed by atoms with Crippen LogP contribution in [0.15, 0.2) is 0 Å². The van der Waals surface area contributed by atoms with E-state index in [1.807, 2.05) is 0 Å². The number of carbonyl (C=O) groups is 1. The third-order valence-corrected chi connectivity index (χ3v) is 3.78. The number of aliphatic carboxylic acids is 1. The molecular weight excluding hydrogens is 274 g/mol. The summed E-state index contributed by atoms with van der Waals surface area (Å²) in [7, 11) is 0. The Labute approximate surface area is 116 Å². The number of nitrogens with zero attached hydrogens (tertiary/aromatic N) is 2. The van der Waals surface area contributed by atoms with Gasteiger partial charge in [-0.15, -0.1) is 5.10 Å². The van der Waals surface area contributed by atoms with Crippen molar-refractivity contribution in [2.24, 2.45) is 5.41 Å². The fourth-order valence-corrected chi connectivity index (χ4v) is 2.13. The summed E-state index contributed by atoms with van der Waals surface area (Å²) in [5.74, 6) is -0.739. The van der Waals surface area contributed by atoms with Crippen molar-refractivity contribution in [1.29, 1.82) is 0 Å². The van der Waals surface area contributed by atoms with Crippen LogP contribution >= 0.6 is 23.1 Å². The summed E-state index contributed by atoms with van der Waals surface area (Å²) in [6.07, 6.45) is 1.81. The second kappa shape index (κ2) is 7.01. The van der Waals surface area contributed by atoms with E-state index in [0.29, 0.717) is 17.3 Å². The van der Waals surface area contributed by atoms with Gasteiger partial charge < -0.3 is 10.4 Å². The van der Waals surface area contributed by atoms with Gasteiger partial charge in [0.15, 0.2) is 0 Å². The zero-order valence-electron chi connectivity index (χ0n) is 10.6. The monoisotopic (exact) mass is 291 g/mol. The van der Waals surface area contributed by atoms with Crippen LogP contribution in [-0.4, -0.2) is 27.2 Å². The van der Waals surface area contributed by atoms with Crippen molar-refractivity contribution in [1.82, 2.24) is 14.9 Å². The molecule has 0 saturated heterocycles. The molecule has 0 aromatic carbocycles. The molecular formula is C11H18ClN3O2S. The Bertz CT molecular complexity index is 395. The molecule has 0 spiro atoms. The molecule has 0 atom stereocenters. The van der Waals surface area contributed by atoms with Crippen molar-refractivity contribution < 1.29 is 9.90 Å². The minimum absolute atomic E-state index is 0.0233. The standard InChI is InChI=1S/C11H18ClN3O2S/c1-11(2,4-3-9(16)17)5-6-13-7-8-10(12)18-15-14-8/h13H,3-7H2,1-2H3,(H,16,17). The third kappa shape index (κ3) is 5.75. The van der Waals surface area contributed by atoms with Gasteiger partial charge in [0.25, 0.3) is 0 Å². The molecule has 0 fully saturated rings. The fourth-order valence-electron chi connectivity index (χ4n) is 1.51. The predicted molar refractivity (Wildman–Crippen MR) is 71.9 cm³/mol. The zero-order valence-corrected chi connectivity index (χ0v) is 12.1. The van der Waals surface area contributed by atoms with Crippen LogP contribution in [0.4, 0.5) is 0 Å². The molecule has 0 bridgehead atoms. The Morgan fingerprint density at radius 1 is 1.50 bits per heavy atom. The number of hydrogen-bond acceptors (Lipinski definition) is 5. The maximum atomic E-state index is 10.5. The molecule has 7 heteroatoms. The number of carboxylic acid groups (broad SMARTS) is 1. The summed E-state index contributed by atoms with van der Waals surface area (Å²) in [5, 5.41) is 15.8. The molecule has 0 saturated carbocycles. The number of halogens is 1. The molecule has 102 valence electrons. The van der Waals surface area contributed by atoms with Crippen molar-refractivity contribution >= 4 is 29.1 Å². The van der Waals surface area contributed by atoms with Crippen LogP contribution in [0.1, 0.15) is 38.8 Å². The summed E-state index contributed by atoms with van der Waals surface area (Å²) >= 11 is 7.06. The Morgan fingerprint density at radius 2 is 2.22 bits per heavy atom. The maximum Gasteiger partial charge on any atom is 0.303 e. The van der Waals surface area contributed by atoms with E-state index in [1.54, 1.807) is 0 Å². The average molecular weight is 292 g/mol. The Balaban J connectivity index is 2.20. The summed E-state index contributed by atoms with van der Waals surface area (Å²) in [4.78, 5) is 10.5. The Kier molecular flexibility index (Phi) is 5.98. The van der Waals surface area contributed by atoms with E-state index in [0.717, 1.165) is 18.7 Å². The van der Waals surface area contributed by atoms with Crippen molar-refractivity contribution in [3.05, 3.63) is 10.0 Å². The number of carboxylic acids is 1. The first-order valence-electron chi connectivity index (χ1n) is 5.80. The normalized spacial score (nSPS) is 11.7. The SMILES string of the molecule is CC(C)(CCNCc1nnsc1Cl)CCC(=O)O. The van der Waals surface area contributed by atoms with Gasteiger partial charge in [0.05, 0.1) is 0 Å². The van der Waals surface area contributed by atoms with Crippen LogP contribution in [0.2, 0.25) is 4.34 Å². The number of nitrogens with one attached hydrogen (secondary N) is 1. The minimum Gasteiger partial charge on any atom is -0.481 e.